The molecule has 10 heteroatoms. The van der Waals surface area contributed by atoms with E-state index in [1.807, 2.05) is 27.8 Å². The van der Waals surface area contributed by atoms with E-state index < -0.39 is 0 Å². The Morgan fingerprint density at radius 2 is 2.09 bits per heavy atom. The van der Waals surface area contributed by atoms with Gasteiger partial charge >= 0.3 is 5.97 Å². The van der Waals surface area contributed by atoms with Crippen molar-refractivity contribution in [1.29, 1.82) is 0 Å². The van der Waals surface area contributed by atoms with Crippen LogP contribution in [0.1, 0.15) is 70.2 Å². The second kappa shape index (κ2) is 11.2. The maximum atomic E-state index is 12.3. The lowest BCUT2D eigenvalue weighted by molar-refractivity contribution is -0.169. The summed E-state index contributed by atoms with van der Waals surface area (Å²) in [6.45, 7) is 6.66. The first-order chi connectivity index (χ1) is 16.4. The number of nitrogens with zero attached hydrogens (tertiary/aromatic N) is 5. The van der Waals surface area contributed by atoms with E-state index in [9.17, 15) is 4.79 Å². The lowest BCUT2D eigenvalue weighted by Gasteiger charge is -2.28. The Hall–Kier alpha value is -2.59. The molecule has 34 heavy (non-hydrogen) atoms. The number of esters is 1. The summed E-state index contributed by atoms with van der Waals surface area (Å²) in [6.07, 6.45) is 7.58. The average molecular weight is 474 g/mol. The van der Waals surface area contributed by atoms with E-state index in [2.05, 4.69) is 20.3 Å². The highest BCUT2D eigenvalue weighted by Crippen LogP contribution is 2.30. The van der Waals surface area contributed by atoms with Gasteiger partial charge in [-0.2, -0.15) is 0 Å². The molecule has 0 spiro atoms. The monoisotopic (exact) mass is 473 g/mol. The van der Waals surface area contributed by atoms with Gasteiger partial charge in [-0.3, -0.25) is 4.79 Å². The number of hydrogen-bond acceptors (Lipinski definition) is 9. The van der Waals surface area contributed by atoms with Gasteiger partial charge in [0, 0.05) is 13.7 Å². The first-order valence-electron chi connectivity index (χ1n) is 12.2. The Bertz CT molecular complexity index is 973. The molecule has 2 fully saturated rings. The van der Waals surface area contributed by atoms with Gasteiger partial charge in [0.15, 0.2) is 6.29 Å². The maximum Gasteiger partial charge on any atom is 0.309 e. The molecule has 0 bridgehead atoms. The second-order valence-electron chi connectivity index (χ2n) is 9.35. The lowest BCUT2D eigenvalue weighted by atomic mass is 9.87. The predicted octanol–water partition coefficient (Wildman–Crippen LogP) is 3.51. The zero-order chi connectivity index (χ0) is 24.1. The largest absolute Gasteiger partial charge is 0.473 e. The van der Waals surface area contributed by atoms with Crippen LogP contribution in [0.4, 0.5) is 0 Å². The van der Waals surface area contributed by atoms with Gasteiger partial charge in [-0.1, -0.05) is 5.21 Å². The van der Waals surface area contributed by atoms with Crippen molar-refractivity contribution < 1.29 is 23.7 Å². The maximum absolute atomic E-state index is 12.3. The Morgan fingerprint density at radius 3 is 2.82 bits per heavy atom. The van der Waals surface area contributed by atoms with Crippen molar-refractivity contribution in [3.63, 3.8) is 0 Å². The van der Waals surface area contributed by atoms with Crippen molar-refractivity contribution in [1.82, 2.24) is 25.0 Å². The molecule has 4 rings (SSSR count). The van der Waals surface area contributed by atoms with Crippen LogP contribution >= 0.6 is 0 Å². The van der Waals surface area contributed by atoms with Crippen LogP contribution in [0, 0.1) is 12.8 Å². The summed E-state index contributed by atoms with van der Waals surface area (Å²) in [6, 6.07) is 0. The fourth-order valence-electron chi connectivity index (χ4n) is 4.40. The van der Waals surface area contributed by atoms with E-state index >= 15 is 0 Å². The first kappa shape index (κ1) is 24.5. The Kier molecular flexibility index (Phi) is 8.10. The third kappa shape index (κ3) is 6.09. The van der Waals surface area contributed by atoms with Gasteiger partial charge in [-0.25, -0.2) is 14.6 Å². The number of aryl methyl sites for hydroxylation is 2. The Labute approximate surface area is 200 Å². The minimum atomic E-state index is -0.197. The van der Waals surface area contributed by atoms with Crippen molar-refractivity contribution in [2.75, 3.05) is 6.61 Å². The summed E-state index contributed by atoms with van der Waals surface area (Å²) in [5.41, 5.74) is 2.73. The van der Waals surface area contributed by atoms with Gasteiger partial charge in [0.05, 0.1) is 30.5 Å². The summed E-state index contributed by atoms with van der Waals surface area (Å²) >= 11 is 0. The molecule has 1 saturated carbocycles. The highest BCUT2D eigenvalue weighted by atomic mass is 16.7. The van der Waals surface area contributed by atoms with E-state index in [1.165, 1.54) is 0 Å². The molecule has 0 amide bonds. The van der Waals surface area contributed by atoms with E-state index in [1.54, 1.807) is 10.9 Å². The van der Waals surface area contributed by atoms with E-state index in [-0.39, 0.29) is 30.4 Å². The van der Waals surface area contributed by atoms with Gasteiger partial charge in [-0.15, -0.1) is 5.10 Å². The number of aromatic nitrogens is 5. The van der Waals surface area contributed by atoms with E-state index in [0.717, 1.165) is 50.8 Å². The first-order valence-corrected chi connectivity index (χ1v) is 12.2. The zero-order valence-electron chi connectivity index (χ0n) is 20.5. The molecule has 1 aliphatic heterocycles. The standard InChI is InChI=1S/C24H35N5O5/c1-15(2)33-24(30)17-8-7-9-18(12-17)34-23-16(3)26-19(13-25-23)22-20(29(4)28-27-22)14-32-21-10-5-6-11-31-21/h13,15,17-18,21H,5-12,14H2,1-4H3/t17-,18-,21?/m0/s1. The summed E-state index contributed by atoms with van der Waals surface area (Å²) in [5, 5.41) is 8.44. The van der Waals surface area contributed by atoms with Crippen molar-refractivity contribution in [3.8, 4) is 17.3 Å². The smallest absolute Gasteiger partial charge is 0.309 e. The van der Waals surface area contributed by atoms with Crippen LogP contribution in [0.15, 0.2) is 6.20 Å². The molecule has 10 nitrogen and oxygen atoms in total. The molecule has 3 heterocycles. The second-order valence-corrected chi connectivity index (χ2v) is 9.35. The average Bonchev–Trinajstić information content (AvgIpc) is 3.19. The van der Waals surface area contributed by atoms with E-state index in [4.69, 9.17) is 18.9 Å². The molecule has 2 aromatic rings. The molecular weight excluding hydrogens is 438 g/mol. The number of hydrogen-bond donors (Lipinski definition) is 0. The summed E-state index contributed by atoms with van der Waals surface area (Å²) in [5.74, 6) is 0.199. The van der Waals surface area contributed by atoms with Gasteiger partial charge in [0.25, 0.3) is 0 Å². The van der Waals surface area contributed by atoms with Gasteiger partial charge < -0.3 is 18.9 Å². The molecule has 186 valence electrons. The number of rotatable bonds is 8. The van der Waals surface area contributed by atoms with Crippen molar-refractivity contribution in [2.45, 2.75) is 90.8 Å². The normalized spacial score (nSPS) is 23.1. The van der Waals surface area contributed by atoms with Crippen LogP contribution in [0.25, 0.3) is 11.4 Å². The van der Waals surface area contributed by atoms with Gasteiger partial charge in [0.1, 0.15) is 23.2 Å². The third-order valence-corrected chi connectivity index (χ3v) is 6.22. The highest BCUT2D eigenvalue weighted by Gasteiger charge is 2.30. The van der Waals surface area contributed by atoms with Crippen molar-refractivity contribution in [3.05, 3.63) is 17.6 Å². The third-order valence-electron chi connectivity index (χ3n) is 6.22. The van der Waals surface area contributed by atoms with Crippen LogP contribution < -0.4 is 4.74 Å². The van der Waals surface area contributed by atoms with Crippen LogP contribution in [0.5, 0.6) is 5.88 Å². The Balaban J connectivity index is 1.41. The molecule has 2 aromatic heterocycles. The lowest BCUT2D eigenvalue weighted by Crippen LogP contribution is -2.32. The fraction of sp³-hybridized carbons (Fsp3) is 0.708. The van der Waals surface area contributed by atoms with Crippen LogP contribution in [0.2, 0.25) is 0 Å². The molecular formula is C24H35N5O5. The molecule has 1 aliphatic carbocycles. The predicted molar refractivity (Wildman–Crippen MR) is 123 cm³/mol. The topological polar surface area (TPSA) is 110 Å². The molecule has 1 unspecified atom stereocenters. The van der Waals surface area contributed by atoms with Crippen molar-refractivity contribution >= 4 is 5.97 Å². The zero-order valence-corrected chi connectivity index (χ0v) is 20.5. The molecule has 2 aliphatic rings. The molecule has 0 radical (unpaired) electrons. The van der Waals surface area contributed by atoms with Gasteiger partial charge in [-0.05, 0) is 65.7 Å². The SMILES string of the molecule is Cc1nc(-c2nnn(C)c2COC2CCCCO2)cnc1O[C@H]1CCC[C@H](C(=O)OC(C)C)C1. The van der Waals surface area contributed by atoms with Crippen LogP contribution in [-0.2, 0) is 32.7 Å². The summed E-state index contributed by atoms with van der Waals surface area (Å²) in [7, 11) is 1.83. The van der Waals surface area contributed by atoms with Gasteiger partial charge in [0.2, 0.25) is 5.88 Å². The quantitative estimate of drug-likeness (QED) is 0.532. The fourth-order valence-corrected chi connectivity index (χ4v) is 4.40. The van der Waals surface area contributed by atoms with E-state index in [0.29, 0.717) is 36.0 Å². The number of ether oxygens (including phenoxy) is 4. The minimum absolute atomic E-state index is 0.0896. The molecule has 3 atom stereocenters. The summed E-state index contributed by atoms with van der Waals surface area (Å²) in [4.78, 5) is 21.5. The highest BCUT2D eigenvalue weighted by molar-refractivity contribution is 5.72. The molecule has 0 aromatic carbocycles. The Morgan fingerprint density at radius 1 is 1.24 bits per heavy atom. The summed E-state index contributed by atoms with van der Waals surface area (Å²) < 4.78 is 24.9. The molecule has 1 saturated heterocycles. The van der Waals surface area contributed by atoms with Crippen LogP contribution in [0.3, 0.4) is 0 Å². The van der Waals surface area contributed by atoms with Crippen molar-refractivity contribution in [2.24, 2.45) is 13.0 Å². The minimum Gasteiger partial charge on any atom is -0.473 e. The number of carbonyl (C=O) groups excluding carboxylic acids is 1. The number of carbonyl (C=O) groups is 1. The van der Waals surface area contributed by atoms with Crippen LogP contribution in [-0.4, -0.2) is 56.0 Å². The molecule has 0 N–H and O–H groups in total.